The molecule has 0 unspecified atom stereocenters. The molecule has 6 nitrogen and oxygen atoms in total. The summed E-state index contributed by atoms with van der Waals surface area (Å²) in [6, 6.07) is 17.1. The van der Waals surface area contributed by atoms with Crippen LogP contribution < -0.4 is 4.90 Å². The van der Waals surface area contributed by atoms with Gasteiger partial charge in [0.1, 0.15) is 0 Å². The minimum atomic E-state index is -0.113. The predicted octanol–water partition coefficient (Wildman–Crippen LogP) is 4.55. The molecule has 4 aromatic rings. The zero-order valence-corrected chi connectivity index (χ0v) is 17.2. The highest BCUT2D eigenvalue weighted by atomic mass is 35.5. The van der Waals surface area contributed by atoms with E-state index < -0.39 is 0 Å². The van der Waals surface area contributed by atoms with Crippen molar-refractivity contribution in [2.24, 2.45) is 0 Å². The summed E-state index contributed by atoms with van der Waals surface area (Å²) in [6.45, 7) is 5.89. The summed E-state index contributed by atoms with van der Waals surface area (Å²) in [5, 5.41) is 5.10. The number of aromatic nitrogens is 4. The highest BCUT2D eigenvalue weighted by Crippen LogP contribution is 2.22. The summed E-state index contributed by atoms with van der Waals surface area (Å²) >= 11 is 6.30. The van der Waals surface area contributed by atoms with Crippen LogP contribution in [0, 0.1) is 20.8 Å². The third-order valence-corrected chi connectivity index (χ3v) is 5.28. The van der Waals surface area contributed by atoms with Gasteiger partial charge in [-0.3, -0.25) is 4.79 Å². The van der Waals surface area contributed by atoms with Crippen LogP contribution in [0.3, 0.4) is 0 Å². The van der Waals surface area contributed by atoms with E-state index in [1.165, 1.54) is 0 Å². The number of fused-ring (bicyclic) bond motifs is 1. The van der Waals surface area contributed by atoms with Crippen molar-refractivity contribution < 1.29 is 4.79 Å². The Morgan fingerprint density at radius 1 is 1.03 bits per heavy atom. The molecule has 29 heavy (non-hydrogen) atoms. The predicted molar refractivity (Wildman–Crippen MR) is 113 cm³/mol. The number of amides is 1. The van der Waals surface area contributed by atoms with Gasteiger partial charge < -0.3 is 4.90 Å². The Morgan fingerprint density at radius 2 is 1.79 bits per heavy atom. The Morgan fingerprint density at radius 3 is 2.52 bits per heavy atom. The van der Waals surface area contributed by atoms with Crippen molar-refractivity contribution in [1.82, 2.24) is 19.6 Å². The van der Waals surface area contributed by atoms with Gasteiger partial charge in [-0.05, 0) is 45.0 Å². The number of carbonyl (C=O) groups excluding carboxylic acids is 1. The largest absolute Gasteiger partial charge is 0.301 e. The first-order valence-electron chi connectivity index (χ1n) is 9.26. The average Bonchev–Trinajstić information content (AvgIpc) is 3.13. The van der Waals surface area contributed by atoms with Crippen LogP contribution in [-0.2, 0) is 6.54 Å². The van der Waals surface area contributed by atoms with Crippen LogP contribution in [0.1, 0.15) is 33.1 Å². The van der Waals surface area contributed by atoms with Crippen molar-refractivity contribution in [3.63, 3.8) is 0 Å². The van der Waals surface area contributed by atoms with Gasteiger partial charge in [0.25, 0.3) is 11.7 Å². The lowest BCUT2D eigenvalue weighted by Gasteiger charge is -2.21. The van der Waals surface area contributed by atoms with Crippen LogP contribution in [-0.4, -0.2) is 25.5 Å². The fourth-order valence-corrected chi connectivity index (χ4v) is 3.35. The van der Waals surface area contributed by atoms with Crippen molar-refractivity contribution in [1.29, 1.82) is 0 Å². The van der Waals surface area contributed by atoms with Gasteiger partial charge in [-0.1, -0.05) is 47.5 Å². The minimum absolute atomic E-state index is 0.113. The molecule has 1 amide bonds. The van der Waals surface area contributed by atoms with Gasteiger partial charge in [-0.15, -0.1) is 5.10 Å². The maximum absolute atomic E-state index is 13.3. The highest BCUT2D eigenvalue weighted by Gasteiger charge is 2.21. The molecule has 0 fully saturated rings. The number of hydrogen-bond donors (Lipinski definition) is 0. The molecule has 0 aliphatic heterocycles. The fourth-order valence-electron chi connectivity index (χ4n) is 3.23. The van der Waals surface area contributed by atoms with E-state index in [9.17, 15) is 4.79 Å². The second kappa shape index (κ2) is 7.64. The SMILES string of the molecule is Cc1cccc(C(=O)N(Cc2nc3nc(C)c(Cl)c(C)n3n2)c2ccccc2)c1. The summed E-state index contributed by atoms with van der Waals surface area (Å²) in [5.41, 5.74) is 3.89. The van der Waals surface area contributed by atoms with Crippen LogP contribution >= 0.6 is 11.6 Å². The Hall–Kier alpha value is -3.25. The highest BCUT2D eigenvalue weighted by molar-refractivity contribution is 6.31. The summed E-state index contributed by atoms with van der Waals surface area (Å²) in [5.74, 6) is 0.847. The maximum atomic E-state index is 13.3. The summed E-state index contributed by atoms with van der Waals surface area (Å²) in [4.78, 5) is 23.9. The third-order valence-electron chi connectivity index (χ3n) is 4.73. The van der Waals surface area contributed by atoms with Crippen molar-refractivity contribution in [3.05, 3.63) is 88.0 Å². The Bertz CT molecular complexity index is 1200. The molecule has 2 aromatic heterocycles. The van der Waals surface area contributed by atoms with E-state index in [0.29, 0.717) is 27.9 Å². The lowest BCUT2D eigenvalue weighted by molar-refractivity contribution is 0.0984. The molecule has 2 heterocycles. The minimum Gasteiger partial charge on any atom is -0.301 e. The first-order valence-corrected chi connectivity index (χ1v) is 9.64. The van der Waals surface area contributed by atoms with E-state index in [-0.39, 0.29) is 12.5 Å². The molecule has 7 heteroatoms. The number of benzene rings is 2. The molecule has 0 saturated heterocycles. The van der Waals surface area contributed by atoms with Gasteiger partial charge in [-0.2, -0.15) is 9.50 Å². The number of rotatable bonds is 4. The maximum Gasteiger partial charge on any atom is 0.258 e. The van der Waals surface area contributed by atoms with Gasteiger partial charge >= 0.3 is 0 Å². The molecule has 146 valence electrons. The number of hydrogen-bond acceptors (Lipinski definition) is 4. The van der Waals surface area contributed by atoms with E-state index in [4.69, 9.17) is 11.6 Å². The molecule has 0 bridgehead atoms. The van der Waals surface area contributed by atoms with Gasteiger partial charge in [-0.25, -0.2) is 4.98 Å². The Balaban J connectivity index is 1.76. The first kappa shape index (κ1) is 19.1. The molecule has 0 aliphatic carbocycles. The molecule has 0 radical (unpaired) electrons. The topological polar surface area (TPSA) is 63.4 Å². The van der Waals surface area contributed by atoms with Crippen molar-refractivity contribution >= 4 is 29.0 Å². The Labute approximate surface area is 173 Å². The number of halogens is 1. The van der Waals surface area contributed by atoms with Crippen LogP contribution in [0.15, 0.2) is 54.6 Å². The van der Waals surface area contributed by atoms with Gasteiger partial charge in [0.05, 0.1) is 23.0 Å². The number of para-hydroxylation sites is 1. The number of aryl methyl sites for hydroxylation is 3. The molecule has 4 rings (SSSR count). The average molecular weight is 406 g/mol. The van der Waals surface area contributed by atoms with Crippen molar-refractivity contribution in [3.8, 4) is 0 Å². The molecule has 0 spiro atoms. The van der Waals surface area contributed by atoms with Crippen molar-refractivity contribution in [2.45, 2.75) is 27.3 Å². The smallest absolute Gasteiger partial charge is 0.258 e. The van der Waals surface area contributed by atoms with E-state index >= 15 is 0 Å². The second-order valence-electron chi connectivity index (χ2n) is 6.93. The lowest BCUT2D eigenvalue weighted by Crippen LogP contribution is -2.31. The summed E-state index contributed by atoms with van der Waals surface area (Å²) < 4.78 is 1.62. The molecule has 0 aliphatic rings. The molecule has 0 N–H and O–H groups in total. The van der Waals surface area contributed by atoms with Gasteiger partial charge in [0.2, 0.25) is 0 Å². The van der Waals surface area contributed by atoms with E-state index in [2.05, 4.69) is 15.1 Å². The normalized spacial score (nSPS) is 11.0. The molecule has 2 aromatic carbocycles. The Kier molecular flexibility index (Phi) is 5.03. The number of anilines is 1. The number of nitrogens with zero attached hydrogens (tertiary/aromatic N) is 5. The number of carbonyl (C=O) groups is 1. The summed E-state index contributed by atoms with van der Waals surface area (Å²) in [7, 11) is 0. The fraction of sp³-hybridized carbons (Fsp3) is 0.182. The zero-order valence-electron chi connectivity index (χ0n) is 16.4. The lowest BCUT2D eigenvalue weighted by atomic mass is 10.1. The second-order valence-corrected chi connectivity index (χ2v) is 7.31. The zero-order chi connectivity index (χ0) is 20.5. The first-order chi connectivity index (χ1) is 13.9. The standard InChI is InChI=1S/C22H20ClN5O/c1-14-8-7-9-17(12-14)21(29)27(18-10-5-4-6-11-18)13-19-25-22-24-15(2)20(23)16(3)28(22)26-19/h4-12H,13H2,1-3H3. The van der Waals surface area contributed by atoms with Gasteiger partial charge in [0.15, 0.2) is 5.82 Å². The van der Waals surface area contributed by atoms with E-state index in [1.54, 1.807) is 9.42 Å². The summed E-state index contributed by atoms with van der Waals surface area (Å²) in [6.07, 6.45) is 0. The molecular formula is C22H20ClN5O. The van der Waals surface area contributed by atoms with Crippen LogP contribution in [0.5, 0.6) is 0 Å². The molecule has 0 atom stereocenters. The van der Waals surface area contributed by atoms with Crippen LogP contribution in [0.25, 0.3) is 5.78 Å². The molecule has 0 saturated carbocycles. The van der Waals surface area contributed by atoms with Crippen LogP contribution in [0.4, 0.5) is 5.69 Å². The molecular weight excluding hydrogens is 386 g/mol. The van der Waals surface area contributed by atoms with Crippen LogP contribution in [0.2, 0.25) is 5.02 Å². The van der Waals surface area contributed by atoms with E-state index in [1.807, 2.05) is 75.4 Å². The van der Waals surface area contributed by atoms with E-state index in [0.717, 1.165) is 16.9 Å². The third kappa shape index (κ3) is 3.71. The van der Waals surface area contributed by atoms with Crippen molar-refractivity contribution in [2.75, 3.05) is 4.90 Å². The van der Waals surface area contributed by atoms with Gasteiger partial charge in [0, 0.05) is 11.3 Å². The monoisotopic (exact) mass is 405 g/mol. The quantitative estimate of drug-likeness (QED) is 0.499.